The van der Waals surface area contributed by atoms with E-state index in [0.29, 0.717) is 29.3 Å². The minimum atomic E-state index is -0.637. The van der Waals surface area contributed by atoms with Gasteiger partial charge >= 0.3 is 6.09 Å². The molecule has 0 spiro atoms. The Labute approximate surface area is 242 Å². The number of aromatic nitrogens is 3. The van der Waals surface area contributed by atoms with Crippen molar-refractivity contribution >= 4 is 29.5 Å². The monoisotopic (exact) mass is 557 g/mol. The number of nitrogens with zero attached hydrogens (tertiary/aromatic N) is 5. The average molecular weight is 558 g/mol. The second-order valence-corrected chi connectivity index (χ2v) is 10.6. The van der Waals surface area contributed by atoms with Crippen LogP contribution in [0, 0.1) is 11.8 Å². The molecule has 0 unspecified atom stereocenters. The molecule has 41 heavy (non-hydrogen) atoms. The lowest BCUT2D eigenvalue weighted by Crippen LogP contribution is -2.38. The van der Waals surface area contributed by atoms with Gasteiger partial charge in [0.1, 0.15) is 18.0 Å². The van der Waals surface area contributed by atoms with Crippen LogP contribution in [0.5, 0.6) is 0 Å². The first kappa shape index (κ1) is 30.9. The van der Waals surface area contributed by atoms with E-state index >= 15 is 0 Å². The van der Waals surface area contributed by atoms with E-state index in [1.54, 1.807) is 51.5 Å². The number of carbonyl (C=O) groups excluding carboxylic acids is 2. The van der Waals surface area contributed by atoms with Crippen LogP contribution in [0.15, 0.2) is 55.0 Å². The highest BCUT2D eigenvalue weighted by molar-refractivity contribution is 5.94. The van der Waals surface area contributed by atoms with Crippen molar-refractivity contribution in [2.24, 2.45) is 0 Å². The zero-order valence-electron chi connectivity index (χ0n) is 24.7. The maximum absolute atomic E-state index is 12.5. The highest BCUT2D eigenvalue weighted by atomic mass is 16.6. The molecule has 2 heterocycles. The summed E-state index contributed by atoms with van der Waals surface area (Å²) in [5, 5.41) is 6.11. The van der Waals surface area contributed by atoms with Crippen molar-refractivity contribution in [2.75, 3.05) is 49.3 Å². The molecule has 10 heteroatoms. The lowest BCUT2D eigenvalue weighted by molar-refractivity contribution is -0.117. The van der Waals surface area contributed by atoms with Crippen LogP contribution in [-0.4, -0.2) is 71.2 Å². The number of rotatable bonds is 10. The fraction of sp³-hybridized carbons (Fsp3) is 0.387. The summed E-state index contributed by atoms with van der Waals surface area (Å²) in [6.07, 6.45) is 6.53. The van der Waals surface area contributed by atoms with E-state index < -0.39 is 11.7 Å². The molecule has 2 amide bonds. The van der Waals surface area contributed by atoms with Gasteiger partial charge in [0.25, 0.3) is 0 Å². The normalized spacial score (nSPS) is 10.7. The van der Waals surface area contributed by atoms with Gasteiger partial charge < -0.3 is 25.2 Å². The number of benzene rings is 1. The Balaban J connectivity index is 1.69. The lowest BCUT2D eigenvalue weighted by Gasteiger charge is -2.24. The number of pyridine rings is 1. The first-order valence-electron chi connectivity index (χ1n) is 13.6. The summed E-state index contributed by atoms with van der Waals surface area (Å²) in [4.78, 5) is 41.3. The molecule has 3 rings (SSSR count). The van der Waals surface area contributed by atoms with E-state index in [9.17, 15) is 9.59 Å². The topological polar surface area (TPSA) is 113 Å². The summed E-state index contributed by atoms with van der Waals surface area (Å²) in [6, 6.07) is 11.2. The van der Waals surface area contributed by atoms with Crippen LogP contribution in [0.2, 0.25) is 0 Å². The van der Waals surface area contributed by atoms with Gasteiger partial charge in [-0.1, -0.05) is 24.8 Å². The maximum atomic E-state index is 12.5. The van der Waals surface area contributed by atoms with E-state index in [1.807, 2.05) is 31.3 Å². The highest BCUT2D eigenvalue weighted by Gasteiger charge is 2.21. The molecule has 0 radical (unpaired) electrons. The van der Waals surface area contributed by atoms with Crippen molar-refractivity contribution in [2.45, 2.75) is 46.1 Å². The number of hydrogen-bond donors (Lipinski definition) is 2. The third kappa shape index (κ3) is 10.4. The van der Waals surface area contributed by atoms with Gasteiger partial charge in [-0.15, -0.1) is 0 Å². The molecule has 3 aromatic rings. The maximum Gasteiger partial charge on any atom is 0.410 e. The molecule has 2 N–H and O–H groups in total. The van der Waals surface area contributed by atoms with Crippen LogP contribution in [0.3, 0.4) is 0 Å². The number of anilines is 3. The Morgan fingerprint density at radius 1 is 1.07 bits per heavy atom. The SMILES string of the molecule is CCCN(C)c1nc(NCCc2ccncc2)ncc1C#Cc1cccc(NC(=O)CN(C)C(=O)OC(C)(C)C)c1. The van der Waals surface area contributed by atoms with E-state index in [0.717, 1.165) is 25.2 Å². The van der Waals surface area contributed by atoms with Crippen molar-refractivity contribution in [3.8, 4) is 11.8 Å². The predicted octanol–water partition coefficient (Wildman–Crippen LogP) is 4.58. The molecular formula is C31H39N7O3. The van der Waals surface area contributed by atoms with Gasteiger partial charge in [0.15, 0.2) is 0 Å². The van der Waals surface area contributed by atoms with Crippen molar-refractivity contribution < 1.29 is 14.3 Å². The third-order valence-corrected chi connectivity index (χ3v) is 5.71. The average Bonchev–Trinajstić information content (AvgIpc) is 2.92. The summed E-state index contributed by atoms with van der Waals surface area (Å²) in [5.41, 5.74) is 2.54. The van der Waals surface area contributed by atoms with Crippen molar-refractivity contribution in [3.63, 3.8) is 0 Å². The Hall–Kier alpha value is -4.65. The molecule has 0 aliphatic carbocycles. The molecule has 216 valence electrons. The quantitative estimate of drug-likeness (QED) is 0.349. The molecule has 0 aliphatic rings. The summed E-state index contributed by atoms with van der Waals surface area (Å²) >= 11 is 0. The molecule has 10 nitrogen and oxygen atoms in total. The van der Waals surface area contributed by atoms with Crippen molar-refractivity contribution in [1.82, 2.24) is 19.9 Å². The van der Waals surface area contributed by atoms with Gasteiger partial charge in [0, 0.05) is 50.8 Å². The van der Waals surface area contributed by atoms with E-state index in [-0.39, 0.29) is 12.5 Å². The summed E-state index contributed by atoms with van der Waals surface area (Å²) in [5.74, 6) is 7.31. The van der Waals surface area contributed by atoms with Crippen molar-refractivity contribution in [3.05, 3.63) is 71.7 Å². The second kappa shape index (κ2) is 14.7. The summed E-state index contributed by atoms with van der Waals surface area (Å²) in [7, 11) is 3.51. The van der Waals surface area contributed by atoms with Gasteiger partial charge in [0.05, 0.1) is 11.8 Å². The fourth-order valence-corrected chi connectivity index (χ4v) is 3.78. The molecule has 0 fully saturated rings. The Kier molecular flexibility index (Phi) is 11.0. The molecule has 1 aromatic carbocycles. The minimum absolute atomic E-state index is 0.141. The van der Waals surface area contributed by atoms with Crippen molar-refractivity contribution in [1.29, 1.82) is 0 Å². The Bertz CT molecular complexity index is 1380. The lowest BCUT2D eigenvalue weighted by atomic mass is 10.2. The smallest absolute Gasteiger partial charge is 0.410 e. The number of carbonyl (C=O) groups is 2. The molecule has 0 saturated carbocycles. The second-order valence-electron chi connectivity index (χ2n) is 10.6. The number of hydrogen-bond acceptors (Lipinski definition) is 8. The van der Waals surface area contributed by atoms with E-state index in [1.165, 1.54) is 17.5 Å². The van der Waals surface area contributed by atoms with Crippen LogP contribution in [-0.2, 0) is 16.0 Å². The Morgan fingerprint density at radius 3 is 2.54 bits per heavy atom. The van der Waals surface area contributed by atoms with Gasteiger partial charge in [-0.3, -0.25) is 9.78 Å². The van der Waals surface area contributed by atoms with Gasteiger partial charge in [-0.25, -0.2) is 9.78 Å². The fourth-order valence-electron chi connectivity index (χ4n) is 3.78. The zero-order valence-corrected chi connectivity index (χ0v) is 24.7. The molecule has 0 saturated heterocycles. The number of ether oxygens (including phenoxy) is 1. The van der Waals surface area contributed by atoms with Crippen LogP contribution in [0.4, 0.5) is 22.2 Å². The molecule has 2 aromatic heterocycles. The van der Waals surface area contributed by atoms with Gasteiger partial charge in [-0.05, 0) is 69.5 Å². The predicted molar refractivity (Wildman–Crippen MR) is 162 cm³/mol. The number of likely N-dealkylation sites (N-methyl/N-ethyl adjacent to an activating group) is 1. The van der Waals surface area contributed by atoms with Gasteiger partial charge in [0.2, 0.25) is 11.9 Å². The summed E-state index contributed by atoms with van der Waals surface area (Å²) in [6.45, 7) is 8.82. The summed E-state index contributed by atoms with van der Waals surface area (Å²) < 4.78 is 5.30. The first-order chi connectivity index (χ1) is 19.5. The molecule has 0 atom stereocenters. The Morgan fingerprint density at radius 2 is 1.83 bits per heavy atom. The number of nitrogens with one attached hydrogen (secondary N) is 2. The number of amides is 2. The largest absolute Gasteiger partial charge is 0.444 e. The molecular weight excluding hydrogens is 518 g/mol. The van der Waals surface area contributed by atoms with E-state index in [4.69, 9.17) is 9.72 Å². The van der Waals surface area contributed by atoms with Crippen LogP contribution in [0.1, 0.15) is 50.8 Å². The van der Waals surface area contributed by atoms with Gasteiger partial charge in [-0.2, -0.15) is 4.98 Å². The highest BCUT2D eigenvalue weighted by Crippen LogP contribution is 2.18. The standard InChI is InChI=1S/C31H39N7O3/c1-7-19-37(5)28-25(21-34-29(36-28)33-18-15-23-13-16-32-17-14-23)12-11-24-9-8-10-26(20-24)35-27(39)22-38(6)30(40)41-31(2,3)4/h8-10,13-14,16-17,20-21H,7,15,18-19,22H2,1-6H3,(H,35,39)(H,33,34,36). The van der Waals surface area contributed by atoms with Crippen LogP contribution >= 0.6 is 0 Å². The van der Waals surface area contributed by atoms with Crippen LogP contribution < -0.4 is 15.5 Å². The molecule has 0 bridgehead atoms. The zero-order chi connectivity index (χ0) is 29.8. The minimum Gasteiger partial charge on any atom is -0.444 e. The van der Waals surface area contributed by atoms with E-state index in [2.05, 4.69) is 44.3 Å². The third-order valence-electron chi connectivity index (χ3n) is 5.71. The first-order valence-corrected chi connectivity index (χ1v) is 13.6. The molecule has 0 aliphatic heterocycles. The van der Waals surface area contributed by atoms with Crippen LogP contribution in [0.25, 0.3) is 0 Å².